The van der Waals surface area contributed by atoms with E-state index < -0.39 is 0 Å². The van der Waals surface area contributed by atoms with Crippen LogP contribution in [-0.4, -0.2) is 9.55 Å². The molecule has 0 aliphatic rings. The van der Waals surface area contributed by atoms with Gasteiger partial charge >= 0.3 is 0 Å². The van der Waals surface area contributed by atoms with Crippen molar-refractivity contribution < 1.29 is 0 Å². The van der Waals surface area contributed by atoms with Crippen molar-refractivity contribution in [3.05, 3.63) is 52.4 Å². The van der Waals surface area contributed by atoms with Gasteiger partial charge in [0.25, 0.3) is 5.56 Å². The lowest BCUT2D eigenvalue weighted by Gasteiger charge is -2.12. The number of hydrogen-bond donors (Lipinski definition) is 0. The highest BCUT2D eigenvalue weighted by molar-refractivity contribution is 5.55. The van der Waals surface area contributed by atoms with Gasteiger partial charge in [-0.15, -0.1) is 0 Å². The molecule has 0 aliphatic heterocycles. The topological polar surface area (TPSA) is 58.7 Å². The zero-order chi connectivity index (χ0) is 15.1. The van der Waals surface area contributed by atoms with Gasteiger partial charge in [0.2, 0.25) is 0 Å². The first-order valence-electron chi connectivity index (χ1n) is 7.33. The molecule has 0 aliphatic carbocycles. The molecule has 2 rings (SSSR count). The number of aromatic nitrogens is 2. The van der Waals surface area contributed by atoms with Crippen LogP contribution in [0, 0.1) is 11.3 Å². The molecule has 0 amide bonds. The van der Waals surface area contributed by atoms with E-state index in [9.17, 15) is 4.79 Å². The zero-order valence-electron chi connectivity index (χ0n) is 12.2. The number of nitriles is 1. The molecule has 0 radical (unpaired) electrons. The summed E-state index contributed by atoms with van der Waals surface area (Å²) < 4.78 is 1.68. The Morgan fingerprint density at radius 3 is 2.71 bits per heavy atom. The van der Waals surface area contributed by atoms with E-state index in [4.69, 9.17) is 5.26 Å². The molecular weight excluding hydrogens is 262 g/mol. The fourth-order valence-corrected chi connectivity index (χ4v) is 2.32. The third-order valence-electron chi connectivity index (χ3n) is 3.46. The maximum absolute atomic E-state index is 12.4. The van der Waals surface area contributed by atoms with Crippen molar-refractivity contribution in [1.29, 1.82) is 5.26 Å². The second-order valence-corrected chi connectivity index (χ2v) is 4.98. The van der Waals surface area contributed by atoms with E-state index in [0.717, 1.165) is 37.1 Å². The number of nitrogens with zero attached hydrogens (tertiary/aromatic N) is 3. The lowest BCUT2D eigenvalue weighted by molar-refractivity contribution is 0.573. The minimum Gasteiger partial charge on any atom is -0.306 e. The Bertz CT molecular complexity index is 683. The maximum atomic E-state index is 12.4. The van der Waals surface area contributed by atoms with E-state index in [0.29, 0.717) is 6.54 Å². The first kappa shape index (κ1) is 15.0. The van der Waals surface area contributed by atoms with Gasteiger partial charge in [-0.3, -0.25) is 9.78 Å². The normalized spacial score (nSPS) is 10.3. The van der Waals surface area contributed by atoms with Gasteiger partial charge in [0.1, 0.15) is 11.6 Å². The molecule has 0 atom stereocenters. The minimum absolute atomic E-state index is 0.185. The SMILES string of the molecule is CCCCCCn1c(-c2ccccn2)ccc(C#N)c1=O. The maximum Gasteiger partial charge on any atom is 0.268 e. The van der Waals surface area contributed by atoms with Gasteiger partial charge in [-0.05, 0) is 30.7 Å². The van der Waals surface area contributed by atoms with Crippen LogP contribution < -0.4 is 5.56 Å². The van der Waals surface area contributed by atoms with Crippen molar-refractivity contribution in [2.24, 2.45) is 0 Å². The average molecular weight is 281 g/mol. The van der Waals surface area contributed by atoms with E-state index >= 15 is 0 Å². The van der Waals surface area contributed by atoms with Crippen LogP contribution in [0.15, 0.2) is 41.3 Å². The van der Waals surface area contributed by atoms with Crippen LogP contribution in [0.25, 0.3) is 11.4 Å². The summed E-state index contributed by atoms with van der Waals surface area (Å²) in [5.41, 5.74) is 1.49. The molecule has 4 nitrogen and oxygen atoms in total. The Kier molecular flexibility index (Phi) is 5.28. The van der Waals surface area contributed by atoms with Gasteiger partial charge in [-0.2, -0.15) is 5.26 Å². The van der Waals surface area contributed by atoms with Crippen LogP contribution in [-0.2, 0) is 6.54 Å². The first-order valence-corrected chi connectivity index (χ1v) is 7.33. The van der Waals surface area contributed by atoms with Crippen molar-refractivity contribution >= 4 is 0 Å². The van der Waals surface area contributed by atoms with E-state index in [2.05, 4.69) is 11.9 Å². The van der Waals surface area contributed by atoms with Crippen molar-refractivity contribution in [2.45, 2.75) is 39.2 Å². The molecule has 0 saturated carbocycles. The average Bonchev–Trinajstić information content (AvgIpc) is 2.53. The summed E-state index contributed by atoms with van der Waals surface area (Å²) in [6.45, 7) is 2.78. The molecule has 2 aromatic heterocycles. The lowest BCUT2D eigenvalue weighted by atomic mass is 10.1. The molecule has 4 heteroatoms. The van der Waals surface area contributed by atoms with Gasteiger partial charge in [-0.1, -0.05) is 32.3 Å². The highest BCUT2D eigenvalue weighted by atomic mass is 16.1. The second kappa shape index (κ2) is 7.39. The van der Waals surface area contributed by atoms with Crippen LogP contribution in [0.4, 0.5) is 0 Å². The molecule has 0 aromatic carbocycles. The van der Waals surface area contributed by atoms with Crippen molar-refractivity contribution in [2.75, 3.05) is 0 Å². The van der Waals surface area contributed by atoms with Gasteiger partial charge in [-0.25, -0.2) is 0 Å². The predicted octanol–water partition coefficient (Wildman–Crippen LogP) is 3.36. The van der Waals surface area contributed by atoms with E-state index in [-0.39, 0.29) is 11.1 Å². The molecule has 108 valence electrons. The largest absolute Gasteiger partial charge is 0.306 e. The summed E-state index contributed by atoms with van der Waals surface area (Å²) in [5, 5.41) is 9.04. The predicted molar refractivity (Wildman–Crippen MR) is 82.8 cm³/mol. The van der Waals surface area contributed by atoms with E-state index in [1.165, 1.54) is 0 Å². The van der Waals surface area contributed by atoms with Gasteiger partial charge in [0.15, 0.2) is 0 Å². The van der Waals surface area contributed by atoms with Gasteiger partial charge in [0.05, 0.1) is 11.4 Å². The molecule has 2 aromatic rings. The Morgan fingerprint density at radius 2 is 2.05 bits per heavy atom. The van der Waals surface area contributed by atoms with Crippen LogP contribution in [0.2, 0.25) is 0 Å². The fraction of sp³-hybridized carbons (Fsp3) is 0.353. The number of unbranched alkanes of at least 4 members (excludes halogenated alkanes) is 3. The smallest absolute Gasteiger partial charge is 0.268 e. The second-order valence-electron chi connectivity index (χ2n) is 4.98. The number of pyridine rings is 2. The lowest BCUT2D eigenvalue weighted by Crippen LogP contribution is -2.24. The van der Waals surface area contributed by atoms with Crippen LogP contribution in [0.1, 0.15) is 38.2 Å². The Hall–Kier alpha value is -2.41. The first-order chi connectivity index (χ1) is 10.3. The van der Waals surface area contributed by atoms with Crippen LogP contribution >= 0.6 is 0 Å². The summed E-state index contributed by atoms with van der Waals surface area (Å²) >= 11 is 0. The summed E-state index contributed by atoms with van der Waals surface area (Å²) in [6, 6.07) is 11.0. The molecule has 0 bridgehead atoms. The van der Waals surface area contributed by atoms with E-state index in [1.807, 2.05) is 30.3 Å². The van der Waals surface area contributed by atoms with Gasteiger partial charge in [0, 0.05) is 12.7 Å². The Morgan fingerprint density at radius 1 is 1.19 bits per heavy atom. The zero-order valence-corrected chi connectivity index (χ0v) is 12.2. The molecule has 0 unspecified atom stereocenters. The molecule has 0 fully saturated rings. The van der Waals surface area contributed by atoms with Crippen molar-refractivity contribution in [3.63, 3.8) is 0 Å². The van der Waals surface area contributed by atoms with Gasteiger partial charge < -0.3 is 4.57 Å². The third-order valence-corrected chi connectivity index (χ3v) is 3.46. The van der Waals surface area contributed by atoms with Crippen molar-refractivity contribution in [3.8, 4) is 17.5 Å². The highest BCUT2D eigenvalue weighted by Crippen LogP contribution is 2.16. The quantitative estimate of drug-likeness (QED) is 0.763. The molecular formula is C17H19N3O. The molecule has 21 heavy (non-hydrogen) atoms. The van der Waals surface area contributed by atoms with Crippen LogP contribution in [0.5, 0.6) is 0 Å². The summed E-state index contributed by atoms with van der Waals surface area (Å²) in [4.78, 5) is 16.7. The fourth-order valence-electron chi connectivity index (χ4n) is 2.32. The Labute approximate surface area is 124 Å². The number of hydrogen-bond acceptors (Lipinski definition) is 3. The monoisotopic (exact) mass is 281 g/mol. The van der Waals surface area contributed by atoms with Crippen molar-refractivity contribution in [1.82, 2.24) is 9.55 Å². The molecule has 2 heterocycles. The van der Waals surface area contributed by atoms with E-state index in [1.54, 1.807) is 16.8 Å². The van der Waals surface area contributed by atoms with Crippen LogP contribution in [0.3, 0.4) is 0 Å². The summed E-state index contributed by atoms with van der Waals surface area (Å²) in [6.07, 6.45) is 6.04. The standard InChI is InChI=1S/C17H19N3O/c1-2-3-4-7-12-20-16(15-8-5-6-11-19-15)10-9-14(13-18)17(20)21/h5-6,8-11H,2-4,7,12H2,1H3. The highest BCUT2D eigenvalue weighted by Gasteiger charge is 2.10. The number of rotatable bonds is 6. The minimum atomic E-state index is -0.225. The molecule has 0 spiro atoms. The molecule has 0 saturated heterocycles. The summed E-state index contributed by atoms with van der Waals surface area (Å²) in [7, 11) is 0. The third kappa shape index (κ3) is 3.57. The molecule has 0 N–H and O–H groups in total. The summed E-state index contributed by atoms with van der Waals surface area (Å²) in [5.74, 6) is 0. The Balaban J connectivity index is 2.38.